The molecule has 0 spiro atoms. The number of nitrogens with zero attached hydrogens (tertiary/aromatic N) is 3. The lowest BCUT2D eigenvalue weighted by Gasteiger charge is -2.47. The molecule has 6 unspecified atom stereocenters. The molecule has 252 valence electrons. The lowest BCUT2D eigenvalue weighted by atomic mass is 9.85. The van der Waals surface area contributed by atoms with Crippen LogP contribution in [0.3, 0.4) is 0 Å². The number of likely N-dealkylation sites (tertiary alicyclic amines) is 3. The van der Waals surface area contributed by atoms with E-state index in [1.807, 2.05) is 0 Å². The van der Waals surface area contributed by atoms with Gasteiger partial charge in [0.15, 0.2) is 0 Å². The second-order valence-corrected chi connectivity index (χ2v) is 16.0. The smallest absolute Gasteiger partial charge is 0.339 e. The van der Waals surface area contributed by atoms with Gasteiger partial charge in [0.1, 0.15) is 18.3 Å². The number of hydrogen-bond acceptors (Lipinski definition) is 9. The van der Waals surface area contributed by atoms with Crippen LogP contribution in [0.1, 0.15) is 132 Å². The molecular formula is C36H57N3O6. The van der Waals surface area contributed by atoms with Crippen molar-refractivity contribution in [2.24, 2.45) is 0 Å². The van der Waals surface area contributed by atoms with Gasteiger partial charge in [0.25, 0.3) is 0 Å². The Morgan fingerprint density at radius 2 is 0.911 bits per heavy atom. The van der Waals surface area contributed by atoms with Crippen molar-refractivity contribution in [3.05, 3.63) is 34.9 Å². The monoisotopic (exact) mass is 627 g/mol. The van der Waals surface area contributed by atoms with Crippen LogP contribution in [0.5, 0.6) is 0 Å². The molecule has 45 heavy (non-hydrogen) atoms. The minimum atomic E-state index is -0.625. The van der Waals surface area contributed by atoms with E-state index in [0.717, 1.165) is 6.42 Å². The Balaban J connectivity index is 1.59. The fourth-order valence-corrected chi connectivity index (χ4v) is 7.70. The third-order valence-corrected chi connectivity index (χ3v) is 11.4. The normalized spacial score (nSPS) is 32.0. The van der Waals surface area contributed by atoms with Gasteiger partial charge >= 0.3 is 17.9 Å². The molecule has 0 bridgehead atoms. The Kier molecular flexibility index (Phi) is 10.2. The summed E-state index contributed by atoms with van der Waals surface area (Å²) in [6, 6.07) is 5.23. The molecule has 0 saturated carbocycles. The van der Waals surface area contributed by atoms with Crippen molar-refractivity contribution < 1.29 is 28.6 Å². The SMILES string of the molecule is CC1CC(OC(=O)c2ccc(C(=O)OC3CC(C)N(C)C(C)(C)C3)c(C(=O)OC3CC(C)N(C)C(C)(C)C3)c2)CC(C)(C)N1C. The molecule has 9 heteroatoms. The third-order valence-electron chi connectivity index (χ3n) is 11.4. The molecule has 3 heterocycles. The maximum Gasteiger partial charge on any atom is 0.339 e. The molecule has 3 saturated heterocycles. The topological polar surface area (TPSA) is 88.6 Å². The van der Waals surface area contributed by atoms with E-state index in [1.54, 1.807) is 6.07 Å². The molecule has 0 radical (unpaired) electrons. The summed E-state index contributed by atoms with van der Waals surface area (Å²) in [5.74, 6) is -1.72. The summed E-state index contributed by atoms with van der Waals surface area (Å²) in [4.78, 5) is 47.9. The van der Waals surface area contributed by atoms with Crippen molar-refractivity contribution in [3.8, 4) is 0 Å². The van der Waals surface area contributed by atoms with E-state index in [-0.39, 0.29) is 69.7 Å². The van der Waals surface area contributed by atoms with Crippen LogP contribution >= 0.6 is 0 Å². The van der Waals surface area contributed by atoms with Gasteiger partial charge in [-0.3, -0.25) is 14.7 Å². The maximum atomic E-state index is 13.8. The summed E-state index contributed by atoms with van der Waals surface area (Å²) in [5, 5.41) is 0. The number of ether oxygens (including phenoxy) is 3. The van der Waals surface area contributed by atoms with Crippen LogP contribution in [-0.2, 0) is 14.2 Å². The number of carbonyl (C=O) groups is 3. The number of carbonyl (C=O) groups excluding carboxylic acids is 3. The second-order valence-electron chi connectivity index (χ2n) is 16.0. The fraction of sp³-hybridized carbons (Fsp3) is 0.750. The van der Waals surface area contributed by atoms with Gasteiger partial charge < -0.3 is 14.2 Å². The van der Waals surface area contributed by atoms with Gasteiger partial charge in [-0.05, 0) is 121 Å². The van der Waals surface area contributed by atoms with Crippen LogP contribution in [0.2, 0.25) is 0 Å². The third kappa shape index (κ3) is 7.74. The highest BCUT2D eigenvalue weighted by molar-refractivity contribution is 6.05. The van der Waals surface area contributed by atoms with E-state index >= 15 is 0 Å². The second kappa shape index (κ2) is 13.0. The van der Waals surface area contributed by atoms with Gasteiger partial charge in [0, 0.05) is 54.0 Å². The molecule has 3 aliphatic rings. The van der Waals surface area contributed by atoms with E-state index in [0.29, 0.717) is 32.1 Å². The zero-order valence-corrected chi connectivity index (χ0v) is 29.7. The summed E-state index contributed by atoms with van der Waals surface area (Å²) < 4.78 is 18.1. The number of rotatable bonds is 6. The van der Waals surface area contributed by atoms with Crippen molar-refractivity contribution >= 4 is 17.9 Å². The summed E-state index contributed by atoms with van der Waals surface area (Å²) >= 11 is 0. The van der Waals surface area contributed by atoms with E-state index in [4.69, 9.17) is 14.2 Å². The average Bonchev–Trinajstić information content (AvgIpc) is 2.92. The average molecular weight is 628 g/mol. The zero-order chi connectivity index (χ0) is 33.6. The Morgan fingerprint density at radius 1 is 0.578 bits per heavy atom. The first kappa shape index (κ1) is 35.4. The lowest BCUT2D eigenvalue weighted by molar-refractivity contribution is -0.0410. The fourth-order valence-electron chi connectivity index (χ4n) is 7.70. The first-order chi connectivity index (χ1) is 20.7. The quantitative estimate of drug-likeness (QED) is 0.281. The van der Waals surface area contributed by atoms with Crippen LogP contribution < -0.4 is 0 Å². The van der Waals surface area contributed by atoms with Gasteiger partial charge in [-0.2, -0.15) is 0 Å². The molecule has 0 aliphatic carbocycles. The first-order valence-corrected chi connectivity index (χ1v) is 16.7. The molecule has 9 nitrogen and oxygen atoms in total. The zero-order valence-electron chi connectivity index (χ0n) is 29.7. The predicted molar refractivity (Wildman–Crippen MR) is 176 cm³/mol. The Bertz CT molecular complexity index is 1280. The Labute approximate surface area is 270 Å². The van der Waals surface area contributed by atoms with E-state index in [1.165, 1.54) is 12.1 Å². The molecule has 3 aliphatic heterocycles. The maximum absolute atomic E-state index is 13.8. The standard InChI is InChI=1S/C36H57N3O6/c1-22-15-26(19-34(4,5)37(22)10)43-31(40)25-13-14-29(32(41)44-27-16-23(2)38(11)35(6,7)20-27)30(18-25)33(42)45-28-17-24(3)39(12)36(8,9)21-28/h13-14,18,22-24,26-28H,15-17,19-21H2,1-12H3. The van der Waals surface area contributed by atoms with Crippen molar-refractivity contribution in [1.29, 1.82) is 0 Å². The number of esters is 3. The van der Waals surface area contributed by atoms with Crippen LogP contribution in [0.15, 0.2) is 18.2 Å². The largest absolute Gasteiger partial charge is 0.459 e. The molecule has 1 aromatic rings. The highest BCUT2D eigenvalue weighted by atomic mass is 16.6. The summed E-state index contributed by atoms with van der Waals surface area (Å²) in [6.07, 6.45) is 3.27. The van der Waals surface area contributed by atoms with Crippen LogP contribution in [0, 0.1) is 0 Å². The van der Waals surface area contributed by atoms with Gasteiger partial charge in [-0.1, -0.05) is 0 Å². The summed E-state index contributed by atoms with van der Waals surface area (Å²) in [7, 11) is 6.27. The molecular weight excluding hydrogens is 570 g/mol. The van der Waals surface area contributed by atoms with Crippen LogP contribution in [-0.4, -0.2) is 107 Å². The predicted octanol–water partition coefficient (Wildman–Crippen LogP) is 5.94. The first-order valence-electron chi connectivity index (χ1n) is 16.7. The number of piperidine rings is 3. The molecule has 0 amide bonds. The summed E-state index contributed by atoms with van der Waals surface area (Å²) in [6.45, 7) is 19.2. The molecule has 6 atom stereocenters. The van der Waals surface area contributed by atoms with Gasteiger partial charge in [0.2, 0.25) is 0 Å². The van der Waals surface area contributed by atoms with E-state index in [9.17, 15) is 14.4 Å². The molecule has 0 N–H and O–H groups in total. The van der Waals surface area contributed by atoms with Crippen molar-refractivity contribution in [2.45, 2.75) is 154 Å². The molecule has 0 aromatic heterocycles. The van der Waals surface area contributed by atoms with E-state index < -0.39 is 17.9 Å². The van der Waals surface area contributed by atoms with Crippen molar-refractivity contribution in [2.75, 3.05) is 21.1 Å². The van der Waals surface area contributed by atoms with Crippen molar-refractivity contribution in [3.63, 3.8) is 0 Å². The van der Waals surface area contributed by atoms with Gasteiger partial charge in [0.05, 0.1) is 16.7 Å². The van der Waals surface area contributed by atoms with Crippen molar-refractivity contribution in [1.82, 2.24) is 14.7 Å². The van der Waals surface area contributed by atoms with Gasteiger partial charge in [-0.15, -0.1) is 0 Å². The Hall–Kier alpha value is -2.49. The molecule has 3 fully saturated rings. The minimum Gasteiger partial charge on any atom is -0.459 e. The highest BCUT2D eigenvalue weighted by Gasteiger charge is 2.41. The van der Waals surface area contributed by atoms with Crippen LogP contribution in [0.25, 0.3) is 0 Å². The lowest BCUT2D eigenvalue weighted by Crippen LogP contribution is -2.54. The van der Waals surface area contributed by atoms with Gasteiger partial charge in [-0.25, -0.2) is 14.4 Å². The van der Waals surface area contributed by atoms with Crippen LogP contribution in [0.4, 0.5) is 0 Å². The minimum absolute atomic E-state index is 0.0381. The number of hydrogen-bond donors (Lipinski definition) is 0. The number of benzene rings is 1. The summed E-state index contributed by atoms with van der Waals surface area (Å²) in [5.41, 5.74) is -0.0627. The molecule has 1 aromatic carbocycles. The Morgan fingerprint density at radius 3 is 1.27 bits per heavy atom. The highest BCUT2D eigenvalue weighted by Crippen LogP contribution is 2.35. The molecule has 4 rings (SSSR count). The van der Waals surface area contributed by atoms with E-state index in [2.05, 4.69) is 98.2 Å².